The minimum absolute atomic E-state index is 0.0256. The average molecular weight is 337 g/mol. The van der Waals surface area contributed by atoms with Crippen LogP contribution >= 0.6 is 0 Å². The van der Waals surface area contributed by atoms with Crippen molar-refractivity contribution in [2.24, 2.45) is 5.92 Å². The Hall–Kier alpha value is -2.76. The minimum Gasteiger partial charge on any atom is -0.339 e. The van der Waals surface area contributed by atoms with Crippen LogP contribution in [0.15, 0.2) is 43.2 Å². The molecule has 0 aliphatic carbocycles. The maximum absolute atomic E-state index is 11.6. The van der Waals surface area contributed by atoms with Crippen LogP contribution < -0.4 is 5.32 Å². The normalized spacial score (nSPS) is 15.0. The van der Waals surface area contributed by atoms with Gasteiger partial charge in [-0.05, 0) is 50.3 Å². The van der Waals surface area contributed by atoms with Crippen LogP contribution in [0.2, 0.25) is 0 Å². The van der Waals surface area contributed by atoms with Crippen LogP contribution in [0.25, 0.3) is 0 Å². The van der Waals surface area contributed by atoms with E-state index in [4.69, 9.17) is 0 Å². The van der Waals surface area contributed by atoms with Crippen molar-refractivity contribution >= 4 is 17.5 Å². The summed E-state index contributed by atoms with van der Waals surface area (Å²) in [6.07, 6.45) is 5.86. The number of aromatic nitrogens is 3. The summed E-state index contributed by atoms with van der Waals surface area (Å²) in [7, 11) is 0. The highest BCUT2D eigenvalue weighted by molar-refractivity contribution is 5.87. The van der Waals surface area contributed by atoms with Gasteiger partial charge < -0.3 is 10.2 Å². The molecule has 6 nitrogen and oxygen atoms in total. The van der Waals surface area contributed by atoms with E-state index in [0.29, 0.717) is 5.92 Å². The second-order valence-corrected chi connectivity index (χ2v) is 6.36. The predicted octanol–water partition coefficient (Wildman–Crippen LogP) is 2.89. The van der Waals surface area contributed by atoms with Gasteiger partial charge in [-0.2, -0.15) is 0 Å². The molecule has 1 aliphatic rings. The summed E-state index contributed by atoms with van der Waals surface area (Å²) in [6, 6.07) is 7.82. The van der Waals surface area contributed by atoms with Gasteiger partial charge in [0.25, 0.3) is 0 Å². The lowest BCUT2D eigenvalue weighted by Crippen LogP contribution is -2.37. The van der Waals surface area contributed by atoms with Gasteiger partial charge in [-0.15, -0.1) is 0 Å². The molecule has 1 N–H and O–H groups in total. The Bertz CT molecular complexity index is 753. The molecule has 0 atom stereocenters. The topological polar surface area (TPSA) is 71.0 Å². The number of piperidine rings is 1. The van der Waals surface area contributed by atoms with E-state index in [1.165, 1.54) is 6.08 Å². The maximum Gasteiger partial charge on any atom is 0.245 e. The van der Waals surface area contributed by atoms with E-state index in [1.807, 2.05) is 36.1 Å². The first kappa shape index (κ1) is 17.1. The number of likely N-dealkylation sites (tertiary alicyclic amines) is 1. The van der Waals surface area contributed by atoms with Gasteiger partial charge in [0, 0.05) is 30.5 Å². The predicted molar refractivity (Wildman–Crippen MR) is 97.5 cm³/mol. The second kappa shape index (κ2) is 7.88. The van der Waals surface area contributed by atoms with E-state index in [0.717, 1.165) is 55.4 Å². The van der Waals surface area contributed by atoms with Crippen molar-refractivity contribution in [3.8, 4) is 0 Å². The Morgan fingerprint density at radius 2 is 2.12 bits per heavy atom. The molecule has 2 aromatic heterocycles. The van der Waals surface area contributed by atoms with Gasteiger partial charge >= 0.3 is 0 Å². The summed E-state index contributed by atoms with van der Waals surface area (Å²) in [5.74, 6) is 2.09. The van der Waals surface area contributed by atoms with Crippen molar-refractivity contribution in [2.75, 3.05) is 18.4 Å². The second-order valence-electron chi connectivity index (χ2n) is 6.36. The fraction of sp³-hybridized carbons (Fsp3) is 0.368. The first-order valence-corrected chi connectivity index (χ1v) is 8.57. The third-order valence-electron chi connectivity index (χ3n) is 4.47. The molecule has 0 radical (unpaired) electrons. The van der Waals surface area contributed by atoms with Crippen LogP contribution in [0.3, 0.4) is 0 Å². The molecular weight excluding hydrogens is 314 g/mol. The maximum atomic E-state index is 11.6. The number of pyridine rings is 1. The highest BCUT2D eigenvalue weighted by Gasteiger charge is 2.22. The standard InChI is InChI=1S/C19H23N5O/c1-3-19(25)24-9-7-15(8-10-24)11-16-12-18(21-13-20-16)23-17-6-4-5-14(2)22-17/h3-6,12-13,15H,1,7-11H2,2H3,(H,20,21,22,23). The largest absolute Gasteiger partial charge is 0.339 e. The Kier molecular flexibility index (Phi) is 5.38. The number of anilines is 2. The summed E-state index contributed by atoms with van der Waals surface area (Å²) in [5.41, 5.74) is 1.97. The number of aryl methyl sites for hydroxylation is 1. The molecule has 130 valence electrons. The van der Waals surface area contributed by atoms with E-state index < -0.39 is 0 Å². The summed E-state index contributed by atoms with van der Waals surface area (Å²) in [5, 5.41) is 3.23. The van der Waals surface area contributed by atoms with Crippen molar-refractivity contribution in [3.63, 3.8) is 0 Å². The van der Waals surface area contributed by atoms with E-state index in [1.54, 1.807) is 6.33 Å². The van der Waals surface area contributed by atoms with E-state index >= 15 is 0 Å². The molecule has 0 aromatic carbocycles. The number of hydrogen-bond acceptors (Lipinski definition) is 5. The molecule has 0 spiro atoms. The quantitative estimate of drug-likeness (QED) is 0.850. The smallest absolute Gasteiger partial charge is 0.245 e. The molecule has 25 heavy (non-hydrogen) atoms. The molecular formula is C19H23N5O. The highest BCUT2D eigenvalue weighted by Crippen LogP contribution is 2.22. The molecule has 6 heteroatoms. The molecule has 1 saturated heterocycles. The molecule has 3 rings (SSSR count). The lowest BCUT2D eigenvalue weighted by Gasteiger charge is -2.31. The number of amides is 1. The zero-order valence-corrected chi connectivity index (χ0v) is 14.5. The van der Waals surface area contributed by atoms with Gasteiger partial charge in [0.15, 0.2) is 0 Å². The molecule has 0 bridgehead atoms. The van der Waals surface area contributed by atoms with Crippen LogP contribution in [-0.2, 0) is 11.2 Å². The number of hydrogen-bond donors (Lipinski definition) is 1. The van der Waals surface area contributed by atoms with Crippen molar-refractivity contribution < 1.29 is 4.79 Å². The van der Waals surface area contributed by atoms with Crippen molar-refractivity contribution in [3.05, 3.63) is 54.6 Å². The third kappa shape index (κ3) is 4.62. The molecule has 1 fully saturated rings. The van der Waals surface area contributed by atoms with Gasteiger partial charge in [-0.1, -0.05) is 12.6 Å². The summed E-state index contributed by atoms with van der Waals surface area (Å²) in [6.45, 7) is 7.09. The Morgan fingerprint density at radius 1 is 1.32 bits per heavy atom. The average Bonchev–Trinajstić information content (AvgIpc) is 2.62. The number of carbonyl (C=O) groups is 1. The van der Waals surface area contributed by atoms with E-state index in [9.17, 15) is 4.79 Å². The zero-order valence-electron chi connectivity index (χ0n) is 14.5. The highest BCUT2D eigenvalue weighted by atomic mass is 16.2. The summed E-state index contributed by atoms with van der Waals surface area (Å²) in [4.78, 5) is 26.6. The molecule has 0 saturated carbocycles. The summed E-state index contributed by atoms with van der Waals surface area (Å²) < 4.78 is 0. The van der Waals surface area contributed by atoms with Gasteiger partial charge in [-0.25, -0.2) is 15.0 Å². The van der Waals surface area contributed by atoms with Crippen molar-refractivity contribution in [2.45, 2.75) is 26.2 Å². The number of nitrogens with zero attached hydrogens (tertiary/aromatic N) is 4. The summed E-state index contributed by atoms with van der Waals surface area (Å²) >= 11 is 0. The van der Waals surface area contributed by atoms with Crippen LogP contribution in [-0.4, -0.2) is 38.8 Å². The van der Waals surface area contributed by atoms with E-state index in [2.05, 4.69) is 26.8 Å². The third-order valence-corrected chi connectivity index (χ3v) is 4.47. The molecule has 0 unspecified atom stereocenters. The molecule has 2 aromatic rings. The van der Waals surface area contributed by atoms with Gasteiger partial charge in [0.2, 0.25) is 5.91 Å². The lowest BCUT2D eigenvalue weighted by molar-refractivity contribution is -0.127. The molecule has 1 aliphatic heterocycles. The molecule has 3 heterocycles. The lowest BCUT2D eigenvalue weighted by atomic mass is 9.92. The Morgan fingerprint density at radius 3 is 2.84 bits per heavy atom. The SMILES string of the molecule is C=CC(=O)N1CCC(Cc2cc(Nc3cccc(C)n3)ncn2)CC1. The first-order chi connectivity index (χ1) is 12.1. The van der Waals surface area contributed by atoms with Crippen LogP contribution in [0.5, 0.6) is 0 Å². The van der Waals surface area contributed by atoms with Crippen LogP contribution in [0.1, 0.15) is 24.2 Å². The Labute approximate surface area is 148 Å². The van der Waals surface area contributed by atoms with Gasteiger partial charge in [0.1, 0.15) is 18.0 Å². The first-order valence-electron chi connectivity index (χ1n) is 8.57. The van der Waals surface area contributed by atoms with E-state index in [-0.39, 0.29) is 5.91 Å². The number of rotatable bonds is 5. The monoisotopic (exact) mass is 337 g/mol. The minimum atomic E-state index is 0.0256. The van der Waals surface area contributed by atoms with Gasteiger partial charge in [0.05, 0.1) is 0 Å². The van der Waals surface area contributed by atoms with Crippen molar-refractivity contribution in [1.29, 1.82) is 0 Å². The van der Waals surface area contributed by atoms with Crippen LogP contribution in [0.4, 0.5) is 11.6 Å². The Balaban J connectivity index is 1.59. The zero-order chi connectivity index (χ0) is 17.6. The van der Waals surface area contributed by atoms with Crippen molar-refractivity contribution in [1.82, 2.24) is 19.9 Å². The molecule has 1 amide bonds. The van der Waals surface area contributed by atoms with Gasteiger partial charge in [-0.3, -0.25) is 4.79 Å². The van der Waals surface area contributed by atoms with Crippen LogP contribution in [0, 0.1) is 12.8 Å². The fourth-order valence-electron chi connectivity index (χ4n) is 3.10. The number of carbonyl (C=O) groups excluding carboxylic acids is 1. The fourth-order valence-corrected chi connectivity index (χ4v) is 3.10. The number of nitrogens with one attached hydrogen (secondary N) is 1.